The van der Waals surface area contributed by atoms with Gasteiger partial charge in [0.2, 0.25) is 0 Å². The molecule has 0 unspecified atom stereocenters. The minimum Gasteiger partial charge on any atom is -0.338 e. The zero-order valence-corrected chi connectivity index (χ0v) is 14.6. The average molecular weight is 347 g/mol. The maximum Gasteiger partial charge on any atom is 0.256 e. The number of hydrogen-bond acceptors (Lipinski definition) is 5. The van der Waals surface area contributed by atoms with Crippen LogP contribution in [0.15, 0.2) is 36.9 Å². The maximum atomic E-state index is 13.1. The van der Waals surface area contributed by atoms with E-state index in [1.165, 1.54) is 19.2 Å². The van der Waals surface area contributed by atoms with Crippen LogP contribution in [-0.2, 0) is 0 Å². The highest BCUT2D eigenvalue weighted by atomic mass is 16.2. The molecule has 2 aliphatic rings. The molecule has 6 heteroatoms. The summed E-state index contributed by atoms with van der Waals surface area (Å²) in [5, 5.41) is 9.68. The predicted molar refractivity (Wildman–Crippen MR) is 95.8 cm³/mol. The summed E-state index contributed by atoms with van der Waals surface area (Å²) in [5.74, 6) is 0.685. The number of nitrogens with zero attached hydrogens (tertiary/aromatic N) is 5. The highest BCUT2D eigenvalue weighted by molar-refractivity contribution is 5.99. The standard InChI is InChI=1S/C20H21N5O/c21-13-20(12-15-3-4-15)6-10-25(11-7-20)19(26)16-2-1-8-23-18(16)17-5-9-22-14-24-17/h1-2,5,8-9,14-15H,3-4,6-7,10-12H2. The lowest BCUT2D eigenvalue weighted by Gasteiger charge is -2.37. The number of hydrogen-bond donors (Lipinski definition) is 0. The van der Waals surface area contributed by atoms with Crippen LogP contribution < -0.4 is 0 Å². The minimum absolute atomic E-state index is 0.0373. The molecule has 0 bridgehead atoms. The average Bonchev–Trinajstić information content (AvgIpc) is 3.52. The molecule has 26 heavy (non-hydrogen) atoms. The van der Waals surface area contributed by atoms with Crippen molar-refractivity contribution in [3.63, 3.8) is 0 Å². The van der Waals surface area contributed by atoms with Crippen molar-refractivity contribution in [3.8, 4) is 17.5 Å². The number of carbonyl (C=O) groups is 1. The molecule has 6 nitrogen and oxygen atoms in total. The molecular weight excluding hydrogens is 326 g/mol. The fourth-order valence-electron chi connectivity index (χ4n) is 3.76. The molecule has 1 aliphatic carbocycles. The Hall–Kier alpha value is -2.81. The largest absolute Gasteiger partial charge is 0.338 e. The Balaban J connectivity index is 1.52. The summed E-state index contributed by atoms with van der Waals surface area (Å²) in [6.45, 7) is 1.24. The first-order valence-electron chi connectivity index (χ1n) is 9.13. The summed E-state index contributed by atoms with van der Waals surface area (Å²) in [6, 6.07) is 7.88. The molecule has 0 aromatic carbocycles. The molecule has 2 aromatic heterocycles. The van der Waals surface area contributed by atoms with E-state index in [1.807, 2.05) is 4.90 Å². The van der Waals surface area contributed by atoms with Gasteiger partial charge in [-0.1, -0.05) is 12.8 Å². The summed E-state index contributed by atoms with van der Waals surface area (Å²) in [5.41, 5.74) is 1.52. The third-order valence-corrected chi connectivity index (χ3v) is 5.48. The molecule has 0 N–H and O–H groups in total. The van der Waals surface area contributed by atoms with Crippen molar-refractivity contribution in [1.29, 1.82) is 5.26 Å². The monoisotopic (exact) mass is 347 g/mol. The van der Waals surface area contributed by atoms with E-state index in [2.05, 4.69) is 21.0 Å². The molecular formula is C20H21N5O. The number of amides is 1. The number of likely N-dealkylation sites (tertiary alicyclic amines) is 1. The minimum atomic E-state index is -0.248. The van der Waals surface area contributed by atoms with Gasteiger partial charge in [0, 0.05) is 25.5 Å². The number of nitriles is 1. The fourth-order valence-corrected chi connectivity index (χ4v) is 3.76. The van der Waals surface area contributed by atoms with Crippen molar-refractivity contribution in [2.45, 2.75) is 32.1 Å². The molecule has 1 aliphatic heterocycles. The number of piperidine rings is 1. The molecule has 0 spiro atoms. The number of carbonyl (C=O) groups excluding carboxylic acids is 1. The zero-order chi connectivity index (χ0) is 18.0. The van der Waals surface area contributed by atoms with Crippen LogP contribution >= 0.6 is 0 Å². The van der Waals surface area contributed by atoms with E-state index in [1.54, 1.807) is 30.6 Å². The first kappa shape index (κ1) is 16.6. The smallest absolute Gasteiger partial charge is 0.256 e. The summed E-state index contributed by atoms with van der Waals surface area (Å²) in [7, 11) is 0. The highest BCUT2D eigenvalue weighted by Crippen LogP contribution is 2.45. The Kier molecular flexibility index (Phi) is 4.37. The SMILES string of the molecule is N#CC1(CC2CC2)CCN(C(=O)c2cccnc2-c2ccncn2)CC1. The predicted octanol–water partition coefficient (Wildman–Crippen LogP) is 3.08. The van der Waals surface area contributed by atoms with E-state index >= 15 is 0 Å². The van der Waals surface area contributed by atoms with Crippen LogP contribution in [-0.4, -0.2) is 38.8 Å². The van der Waals surface area contributed by atoms with Crippen LogP contribution in [0.1, 0.15) is 42.5 Å². The lowest BCUT2D eigenvalue weighted by Crippen LogP contribution is -2.43. The van der Waals surface area contributed by atoms with E-state index in [0.29, 0.717) is 30.0 Å². The normalized spacial score (nSPS) is 19.0. The van der Waals surface area contributed by atoms with Crippen molar-refractivity contribution in [3.05, 3.63) is 42.5 Å². The maximum absolute atomic E-state index is 13.1. The first-order chi connectivity index (χ1) is 12.7. The van der Waals surface area contributed by atoms with Crippen molar-refractivity contribution in [1.82, 2.24) is 19.9 Å². The van der Waals surface area contributed by atoms with Crippen LogP contribution in [0.25, 0.3) is 11.4 Å². The molecule has 3 heterocycles. The molecule has 0 radical (unpaired) electrons. The van der Waals surface area contributed by atoms with Gasteiger partial charge < -0.3 is 4.90 Å². The quantitative estimate of drug-likeness (QED) is 0.849. The van der Waals surface area contributed by atoms with Crippen LogP contribution in [0.5, 0.6) is 0 Å². The Morgan fingerprint density at radius 2 is 2.04 bits per heavy atom. The van der Waals surface area contributed by atoms with Crippen molar-refractivity contribution in [2.75, 3.05) is 13.1 Å². The van der Waals surface area contributed by atoms with E-state index in [9.17, 15) is 10.1 Å². The summed E-state index contributed by atoms with van der Waals surface area (Å²) in [4.78, 5) is 27.5. The molecule has 2 fully saturated rings. The molecule has 132 valence electrons. The number of rotatable bonds is 4. The van der Waals surface area contributed by atoms with E-state index in [0.717, 1.165) is 25.2 Å². The fraction of sp³-hybridized carbons (Fsp3) is 0.450. The van der Waals surface area contributed by atoms with Gasteiger partial charge in [0.1, 0.15) is 12.0 Å². The van der Waals surface area contributed by atoms with Gasteiger partial charge in [-0.3, -0.25) is 9.78 Å². The van der Waals surface area contributed by atoms with E-state index < -0.39 is 0 Å². The van der Waals surface area contributed by atoms with E-state index in [-0.39, 0.29) is 11.3 Å². The van der Waals surface area contributed by atoms with Gasteiger partial charge in [0.05, 0.1) is 22.7 Å². The molecule has 0 atom stereocenters. The molecule has 1 saturated carbocycles. The van der Waals surface area contributed by atoms with Crippen LogP contribution in [0.2, 0.25) is 0 Å². The third kappa shape index (κ3) is 3.30. The van der Waals surface area contributed by atoms with Gasteiger partial charge in [-0.2, -0.15) is 5.26 Å². The summed E-state index contributed by atoms with van der Waals surface area (Å²) >= 11 is 0. The van der Waals surface area contributed by atoms with Gasteiger partial charge in [0.25, 0.3) is 5.91 Å². The highest BCUT2D eigenvalue weighted by Gasteiger charge is 2.40. The molecule has 4 rings (SSSR count). The van der Waals surface area contributed by atoms with Crippen LogP contribution in [0, 0.1) is 22.7 Å². The van der Waals surface area contributed by atoms with Crippen molar-refractivity contribution < 1.29 is 4.79 Å². The number of pyridine rings is 1. The third-order valence-electron chi connectivity index (χ3n) is 5.48. The van der Waals surface area contributed by atoms with Crippen LogP contribution in [0.4, 0.5) is 0 Å². The van der Waals surface area contributed by atoms with Gasteiger partial charge in [-0.15, -0.1) is 0 Å². The molecule has 2 aromatic rings. The summed E-state index contributed by atoms with van der Waals surface area (Å²) < 4.78 is 0. The van der Waals surface area contributed by atoms with Gasteiger partial charge in [-0.05, 0) is 43.4 Å². The second-order valence-corrected chi connectivity index (χ2v) is 7.33. The lowest BCUT2D eigenvalue weighted by atomic mass is 9.75. The van der Waals surface area contributed by atoms with E-state index in [4.69, 9.17) is 0 Å². The van der Waals surface area contributed by atoms with Crippen molar-refractivity contribution in [2.24, 2.45) is 11.3 Å². The zero-order valence-electron chi connectivity index (χ0n) is 14.6. The van der Waals surface area contributed by atoms with Gasteiger partial charge in [0.15, 0.2) is 0 Å². The Labute approximate surface area is 152 Å². The Morgan fingerprint density at radius 3 is 2.69 bits per heavy atom. The summed E-state index contributed by atoms with van der Waals surface area (Å²) in [6.07, 6.45) is 9.78. The number of aromatic nitrogens is 3. The topological polar surface area (TPSA) is 82.8 Å². The molecule has 1 saturated heterocycles. The first-order valence-corrected chi connectivity index (χ1v) is 9.13. The van der Waals surface area contributed by atoms with Crippen LogP contribution in [0.3, 0.4) is 0 Å². The van der Waals surface area contributed by atoms with Gasteiger partial charge >= 0.3 is 0 Å². The molecule has 1 amide bonds. The van der Waals surface area contributed by atoms with Crippen molar-refractivity contribution >= 4 is 5.91 Å². The second-order valence-electron chi connectivity index (χ2n) is 7.33. The second kappa shape index (κ2) is 6.83. The lowest BCUT2D eigenvalue weighted by molar-refractivity contribution is 0.0633. The Morgan fingerprint density at radius 1 is 1.23 bits per heavy atom. The Bertz CT molecular complexity index is 833. The van der Waals surface area contributed by atoms with Gasteiger partial charge in [-0.25, -0.2) is 9.97 Å².